The standard InChI is InChI=1S/C19H29N3O.2ClH/c1-21(2)16-8-3-7-15(12-16)18-10-5-11-22(18)19(23)13-14-6-4-9-17(14)20;;/h3,7-8,12,14,17-18H,4-6,9-11,13,20H2,1-2H3;2*1H/t14-,17+,18?;;/m0../s1. The van der Waals surface area contributed by atoms with Gasteiger partial charge in [-0.2, -0.15) is 0 Å². The van der Waals surface area contributed by atoms with E-state index in [1.807, 2.05) is 0 Å². The maximum absolute atomic E-state index is 12.8. The van der Waals surface area contributed by atoms with Crippen molar-refractivity contribution in [3.8, 4) is 0 Å². The van der Waals surface area contributed by atoms with Crippen LogP contribution in [0.3, 0.4) is 0 Å². The van der Waals surface area contributed by atoms with Gasteiger partial charge in [-0.15, -0.1) is 24.8 Å². The summed E-state index contributed by atoms with van der Waals surface area (Å²) in [6.45, 7) is 0.887. The van der Waals surface area contributed by atoms with Gasteiger partial charge in [0.05, 0.1) is 6.04 Å². The highest BCUT2D eigenvalue weighted by molar-refractivity contribution is 5.85. The zero-order valence-corrected chi connectivity index (χ0v) is 16.8. The molecule has 1 unspecified atom stereocenters. The first-order chi connectivity index (χ1) is 11.1. The number of benzene rings is 1. The Morgan fingerprint density at radius 1 is 1.20 bits per heavy atom. The van der Waals surface area contributed by atoms with Crippen LogP contribution in [0.4, 0.5) is 5.69 Å². The summed E-state index contributed by atoms with van der Waals surface area (Å²) in [6, 6.07) is 9.04. The molecular formula is C19H31Cl2N3O. The zero-order valence-electron chi connectivity index (χ0n) is 15.2. The summed E-state index contributed by atoms with van der Waals surface area (Å²) in [7, 11) is 4.11. The van der Waals surface area contributed by atoms with Crippen LogP contribution in [0.15, 0.2) is 24.3 Å². The van der Waals surface area contributed by atoms with Gasteiger partial charge in [0.25, 0.3) is 0 Å². The van der Waals surface area contributed by atoms with E-state index in [1.165, 1.54) is 17.7 Å². The minimum Gasteiger partial charge on any atom is -0.378 e. The topological polar surface area (TPSA) is 49.6 Å². The summed E-state index contributed by atoms with van der Waals surface area (Å²) in [5.74, 6) is 0.682. The first-order valence-electron chi connectivity index (χ1n) is 8.88. The third-order valence-electron chi connectivity index (χ3n) is 5.50. The molecule has 1 saturated heterocycles. The second-order valence-electron chi connectivity index (χ2n) is 7.29. The van der Waals surface area contributed by atoms with Gasteiger partial charge in [-0.05, 0) is 49.3 Å². The quantitative estimate of drug-likeness (QED) is 0.854. The average molecular weight is 388 g/mol. The van der Waals surface area contributed by atoms with Crippen molar-refractivity contribution in [3.05, 3.63) is 29.8 Å². The predicted molar refractivity (Wildman–Crippen MR) is 109 cm³/mol. The number of carbonyl (C=O) groups excluding carboxylic acids is 1. The highest BCUT2D eigenvalue weighted by Gasteiger charge is 2.33. The molecular weight excluding hydrogens is 357 g/mol. The molecule has 0 radical (unpaired) electrons. The van der Waals surface area contributed by atoms with E-state index in [9.17, 15) is 4.79 Å². The summed E-state index contributed by atoms with van der Waals surface area (Å²) in [5.41, 5.74) is 8.60. The molecule has 0 spiro atoms. The summed E-state index contributed by atoms with van der Waals surface area (Å²) < 4.78 is 0. The van der Waals surface area contributed by atoms with E-state index in [-0.39, 0.29) is 36.9 Å². The lowest BCUT2D eigenvalue weighted by atomic mass is 9.98. The van der Waals surface area contributed by atoms with Crippen molar-refractivity contribution in [1.82, 2.24) is 4.90 Å². The fourth-order valence-corrected chi connectivity index (χ4v) is 4.08. The van der Waals surface area contributed by atoms with Gasteiger partial charge in [-0.25, -0.2) is 0 Å². The van der Waals surface area contributed by atoms with Crippen LogP contribution in [-0.4, -0.2) is 37.5 Å². The van der Waals surface area contributed by atoms with E-state index in [0.29, 0.717) is 18.2 Å². The number of hydrogen-bond acceptors (Lipinski definition) is 3. The lowest BCUT2D eigenvalue weighted by molar-refractivity contribution is -0.133. The maximum atomic E-state index is 12.8. The van der Waals surface area contributed by atoms with Crippen molar-refractivity contribution < 1.29 is 4.79 Å². The molecule has 1 aliphatic carbocycles. The number of rotatable bonds is 4. The summed E-state index contributed by atoms with van der Waals surface area (Å²) in [5, 5.41) is 0. The summed E-state index contributed by atoms with van der Waals surface area (Å²) in [6.07, 6.45) is 6.16. The van der Waals surface area contributed by atoms with E-state index in [2.05, 4.69) is 48.2 Å². The van der Waals surface area contributed by atoms with E-state index in [0.717, 1.165) is 32.2 Å². The maximum Gasteiger partial charge on any atom is 0.223 e. The SMILES string of the molecule is CN(C)c1cccc(C2CCCN2C(=O)C[C@@H]2CCC[C@H]2N)c1.Cl.Cl. The number of likely N-dealkylation sites (tertiary alicyclic amines) is 1. The molecule has 6 heteroatoms. The number of halogens is 2. The molecule has 0 bridgehead atoms. The number of nitrogens with zero attached hydrogens (tertiary/aromatic N) is 2. The van der Waals surface area contributed by atoms with Crippen LogP contribution in [0.25, 0.3) is 0 Å². The van der Waals surface area contributed by atoms with Crippen LogP contribution in [0, 0.1) is 5.92 Å². The average Bonchev–Trinajstić information content (AvgIpc) is 3.17. The largest absolute Gasteiger partial charge is 0.378 e. The van der Waals surface area contributed by atoms with Gasteiger partial charge in [0.2, 0.25) is 5.91 Å². The van der Waals surface area contributed by atoms with Crippen molar-refractivity contribution in [1.29, 1.82) is 0 Å². The zero-order chi connectivity index (χ0) is 16.4. The molecule has 1 aromatic rings. The molecule has 2 N–H and O–H groups in total. The van der Waals surface area contributed by atoms with Gasteiger partial charge in [0, 0.05) is 38.8 Å². The molecule has 25 heavy (non-hydrogen) atoms. The van der Waals surface area contributed by atoms with Crippen LogP contribution in [0.2, 0.25) is 0 Å². The number of amides is 1. The van der Waals surface area contributed by atoms with E-state index < -0.39 is 0 Å². The minimum absolute atomic E-state index is 0. The van der Waals surface area contributed by atoms with E-state index in [1.54, 1.807) is 0 Å². The highest BCUT2D eigenvalue weighted by Crippen LogP contribution is 2.35. The third-order valence-corrected chi connectivity index (χ3v) is 5.50. The fraction of sp³-hybridized carbons (Fsp3) is 0.632. The minimum atomic E-state index is 0. The van der Waals surface area contributed by atoms with Crippen molar-refractivity contribution in [2.45, 2.75) is 50.6 Å². The Bertz CT molecular complexity index is 567. The summed E-state index contributed by atoms with van der Waals surface area (Å²) >= 11 is 0. The number of nitrogens with two attached hydrogens (primary N) is 1. The Morgan fingerprint density at radius 2 is 1.96 bits per heavy atom. The molecule has 1 saturated carbocycles. The molecule has 1 aliphatic heterocycles. The highest BCUT2D eigenvalue weighted by atomic mass is 35.5. The van der Waals surface area contributed by atoms with Crippen molar-refractivity contribution in [2.24, 2.45) is 11.7 Å². The normalized spacial score (nSPS) is 25.2. The number of hydrogen-bond donors (Lipinski definition) is 1. The van der Waals surface area contributed by atoms with Crippen LogP contribution in [0.1, 0.15) is 50.1 Å². The second-order valence-corrected chi connectivity index (χ2v) is 7.29. The molecule has 0 aromatic heterocycles. The molecule has 2 fully saturated rings. The molecule has 142 valence electrons. The first-order valence-corrected chi connectivity index (χ1v) is 8.88. The Hall–Kier alpha value is -0.970. The first kappa shape index (κ1) is 22.1. The van der Waals surface area contributed by atoms with E-state index >= 15 is 0 Å². The van der Waals surface area contributed by atoms with Gasteiger partial charge in [-0.3, -0.25) is 4.79 Å². The monoisotopic (exact) mass is 387 g/mol. The van der Waals surface area contributed by atoms with Gasteiger partial charge in [0.15, 0.2) is 0 Å². The Morgan fingerprint density at radius 3 is 2.60 bits per heavy atom. The van der Waals surface area contributed by atoms with Crippen molar-refractivity contribution in [3.63, 3.8) is 0 Å². The van der Waals surface area contributed by atoms with E-state index in [4.69, 9.17) is 5.73 Å². The Balaban J connectivity index is 0.00000156. The predicted octanol–water partition coefficient (Wildman–Crippen LogP) is 3.78. The molecule has 1 amide bonds. The lowest BCUT2D eigenvalue weighted by Gasteiger charge is -2.28. The lowest BCUT2D eigenvalue weighted by Crippen LogP contribution is -2.35. The molecule has 4 nitrogen and oxygen atoms in total. The van der Waals surface area contributed by atoms with Gasteiger partial charge in [-0.1, -0.05) is 18.6 Å². The van der Waals surface area contributed by atoms with Gasteiger partial charge < -0.3 is 15.5 Å². The molecule has 3 atom stereocenters. The van der Waals surface area contributed by atoms with Crippen molar-refractivity contribution in [2.75, 3.05) is 25.5 Å². The Kier molecular flexibility index (Phi) is 8.52. The summed E-state index contributed by atoms with van der Waals surface area (Å²) in [4.78, 5) is 17.0. The van der Waals surface area contributed by atoms with Crippen molar-refractivity contribution >= 4 is 36.4 Å². The molecule has 1 heterocycles. The molecule has 1 aromatic carbocycles. The smallest absolute Gasteiger partial charge is 0.223 e. The third kappa shape index (κ3) is 5.02. The molecule has 3 rings (SSSR count). The number of carbonyl (C=O) groups is 1. The van der Waals surface area contributed by atoms with Gasteiger partial charge >= 0.3 is 0 Å². The van der Waals surface area contributed by atoms with Gasteiger partial charge in [0.1, 0.15) is 0 Å². The second kappa shape index (κ2) is 9.65. The fourth-order valence-electron chi connectivity index (χ4n) is 4.08. The van der Waals surface area contributed by atoms with Crippen LogP contribution in [0.5, 0.6) is 0 Å². The number of anilines is 1. The van der Waals surface area contributed by atoms with Crippen LogP contribution < -0.4 is 10.6 Å². The molecule has 2 aliphatic rings. The van der Waals surface area contributed by atoms with Crippen LogP contribution in [-0.2, 0) is 4.79 Å². The van der Waals surface area contributed by atoms with Crippen LogP contribution >= 0.6 is 24.8 Å². The Labute approximate surface area is 163 Å².